The van der Waals surface area contributed by atoms with E-state index in [9.17, 15) is 5.11 Å². The van der Waals surface area contributed by atoms with Crippen LogP contribution in [0.15, 0.2) is 66.6 Å². The van der Waals surface area contributed by atoms with Gasteiger partial charge in [0.15, 0.2) is 0 Å². The summed E-state index contributed by atoms with van der Waals surface area (Å²) in [4.78, 5) is 0. The van der Waals surface area contributed by atoms with Gasteiger partial charge in [0, 0.05) is 0 Å². The first-order chi connectivity index (χ1) is 14.5. The second-order valence-corrected chi connectivity index (χ2v) is 8.66. The van der Waals surface area contributed by atoms with Crippen LogP contribution in [0.2, 0.25) is 0 Å². The van der Waals surface area contributed by atoms with Crippen molar-refractivity contribution in [2.24, 2.45) is 17.8 Å². The molecule has 162 valence electrons. The maximum Gasteiger partial charge on any atom is 1.00 e. The van der Waals surface area contributed by atoms with Crippen LogP contribution in [0, 0.1) is 17.8 Å². The third kappa shape index (κ3) is 7.86. The summed E-state index contributed by atoms with van der Waals surface area (Å²) in [7, 11) is 1.63. The topological polar surface area (TPSA) is 55.6 Å². The van der Waals surface area contributed by atoms with Crippen molar-refractivity contribution in [3.05, 3.63) is 77.5 Å². The molecule has 2 aromatic rings. The molecule has 0 saturated heterocycles. The van der Waals surface area contributed by atoms with Gasteiger partial charge in [-0.2, -0.15) is 0 Å². The molecule has 1 saturated carbocycles. The molecule has 3 rings (SSSR count). The molecule has 4 nitrogen and oxygen atoms in total. The summed E-state index contributed by atoms with van der Waals surface area (Å²) in [6, 6.07) is 16.5. The molecule has 0 aliphatic heterocycles. The third-order valence-corrected chi connectivity index (χ3v) is 6.06. The number of hydrogen-bond acceptors (Lipinski definition) is 3. The van der Waals surface area contributed by atoms with Gasteiger partial charge in [-0.1, -0.05) is 81.3 Å². The van der Waals surface area contributed by atoms with Crippen LogP contribution in [0.5, 0.6) is 5.75 Å². The van der Waals surface area contributed by atoms with Gasteiger partial charge in [-0.3, -0.25) is 0 Å². The predicted molar refractivity (Wildman–Crippen MR) is 119 cm³/mol. The van der Waals surface area contributed by atoms with E-state index in [0.717, 1.165) is 29.8 Å². The van der Waals surface area contributed by atoms with Crippen molar-refractivity contribution in [2.45, 2.75) is 52.2 Å². The van der Waals surface area contributed by atoms with Crippen LogP contribution < -0.4 is 47.6 Å². The molecule has 4 atom stereocenters. The predicted octanol–water partition coefficient (Wildman–Crippen LogP) is 0.129. The monoisotopic (exact) mass is 421 g/mol. The molecule has 0 unspecified atom stereocenters. The second kappa shape index (κ2) is 14.0. The quantitative estimate of drug-likeness (QED) is 0.450. The Hall–Kier alpha value is -1.43. The van der Waals surface area contributed by atoms with E-state index < -0.39 is 6.04 Å². The fourth-order valence-electron chi connectivity index (χ4n) is 4.25. The third-order valence-electron chi connectivity index (χ3n) is 6.06. The van der Waals surface area contributed by atoms with Crippen molar-refractivity contribution in [1.29, 1.82) is 0 Å². The van der Waals surface area contributed by atoms with Crippen LogP contribution in [-0.4, -0.2) is 13.2 Å². The smallest absolute Gasteiger partial charge is 0.874 e. The summed E-state index contributed by atoms with van der Waals surface area (Å²) in [5, 5.41) is 17.9. The Labute approximate surface area is 217 Å². The van der Waals surface area contributed by atoms with Crippen LogP contribution in [0.1, 0.15) is 51.6 Å². The van der Waals surface area contributed by atoms with Crippen molar-refractivity contribution >= 4 is 5.69 Å². The maximum atomic E-state index is 13.2. The molecule has 0 spiro atoms. The number of rotatable bonds is 8. The number of nitrogens with zero attached hydrogens (tertiary/aromatic N) is 1. The molecule has 0 heterocycles. The van der Waals surface area contributed by atoms with Gasteiger partial charge in [0.05, 0.1) is 13.4 Å². The first-order valence-electron chi connectivity index (χ1n) is 10.9. The van der Waals surface area contributed by atoms with E-state index in [1.165, 1.54) is 12.7 Å². The molecule has 0 aromatic heterocycles. The maximum absolute atomic E-state index is 13.2. The van der Waals surface area contributed by atoms with Gasteiger partial charge < -0.3 is 19.9 Å². The number of benzene rings is 2. The molecule has 0 amide bonds. The fraction of sp³-hybridized carbons (Fsp3) is 0.462. The minimum Gasteiger partial charge on any atom is -0.874 e. The SMILES string of the molecule is COc1ccc([N-][C@@H](/C([O-])=C\O[C@@H]2C[C@H](C)CC[C@H]2C(C)C)c2ccccc2)cc1.[Li+].[Li+]. The average molecular weight is 421 g/mol. The Balaban J connectivity index is 0.00000256. The fourth-order valence-corrected chi connectivity index (χ4v) is 4.25. The van der Waals surface area contributed by atoms with Crippen molar-refractivity contribution in [3.8, 4) is 5.75 Å². The Morgan fingerprint density at radius 3 is 2.28 bits per heavy atom. The molecular weight excluding hydrogens is 388 g/mol. The largest absolute Gasteiger partial charge is 1.00 e. The molecular formula is C26H33Li2NO3. The van der Waals surface area contributed by atoms with Gasteiger partial charge in [-0.05, 0) is 42.7 Å². The van der Waals surface area contributed by atoms with E-state index in [-0.39, 0.29) is 49.6 Å². The van der Waals surface area contributed by atoms with E-state index in [1.807, 2.05) is 54.6 Å². The average Bonchev–Trinajstić information content (AvgIpc) is 2.76. The molecule has 1 aliphatic carbocycles. The molecule has 1 fully saturated rings. The van der Waals surface area contributed by atoms with E-state index in [2.05, 4.69) is 20.8 Å². The first-order valence-corrected chi connectivity index (χ1v) is 10.9. The molecule has 0 radical (unpaired) electrons. The summed E-state index contributed by atoms with van der Waals surface area (Å²) in [6.07, 6.45) is 4.90. The van der Waals surface area contributed by atoms with E-state index in [1.54, 1.807) is 7.11 Å². The molecule has 6 heteroatoms. The summed E-state index contributed by atoms with van der Waals surface area (Å²) < 4.78 is 11.3. The Morgan fingerprint density at radius 2 is 1.69 bits per heavy atom. The molecule has 1 aliphatic rings. The molecule has 32 heavy (non-hydrogen) atoms. The van der Waals surface area contributed by atoms with E-state index in [0.29, 0.717) is 17.8 Å². The Kier molecular flexibility index (Phi) is 12.5. The van der Waals surface area contributed by atoms with Gasteiger partial charge in [0.25, 0.3) is 0 Å². The van der Waals surface area contributed by atoms with E-state index in [4.69, 9.17) is 14.8 Å². The Morgan fingerprint density at radius 1 is 1.03 bits per heavy atom. The van der Waals surface area contributed by atoms with Gasteiger partial charge in [0.2, 0.25) is 0 Å². The summed E-state index contributed by atoms with van der Waals surface area (Å²) >= 11 is 0. The minimum absolute atomic E-state index is 0. The van der Waals surface area contributed by atoms with Crippen molar-refractivity contribution < 1.29 is 52.3 Å². The van der Waals surface area contributed by atoms with Gasteiger partial charge in [-0.15, -0.1) is 11.4 Å². The zero-order valence-corrected chi connectivity index (χ0v) is 20.5. The molecule has 0 bridgehead atoms. The van der Waals surface area contributed by atoms with Crippen LogP contribution in [-0.2, 0) is 4.74 Å². The van der Waals surface area contributed by atoms with E-state index >= 15 is 0 Å². The number of ether oxygens (including phenoxy) is 2. The number of hydrogen-bond donors (Lipinski definition) is 0. The summed E-state index contributed by atoms with van der Waals surface area (Å²) in [5.41, 5.74) is 1.59. The normalized spacial score (nSPS) is 21.7. The van der Waals surface area contributed by atoms with Crippen LogP contribution in [0.4, 0.5) is 5.69 Å². The van der Waals surface area contributed by atoms with Crippen molar-refractivity contribution in [3.63, 3.8) is 0 Å². The summed E-state index contributed by atoms with van der Waals surface area (Å²) in [5.74, 6) is 2.29. The van der Waals surface area contributed by atoms with Crippen molar-refractivity contribution in [1.82, 2.24) is 0 Å². The standard InChI is InChI=1S/C26H34NO3.2Li/c1-18(2)23-15-10-19(3)16-25(23)30-17-24(28)26(20-8-6-5-7-9-20)27-21-11-13-22(29-4)14-12-21;;/h5-9,11-14,17-19,23,25-26,28H,10,15-16H2,1-4H3;;/q-1;2*+1/p-1/b24-17+;;/t19-,23+,25-,26-;;/m1../s1. The molecule has 0 N–H and O–H groups in total. The zero-order valence-electron chi connectivity index (χ0n) is 20.5. The first kappa shape index (κ1) is 28.6. The second-order valence-electron chi connectivity index (χ2n) is 8.66. The minimum atomic E-state index is -0.627. The van der Waals surface area contributed by atoms with Gasteiger partial charge in [0.1, 0.15) is 11.9 Å². The van der Waals surface area contributed by atoms with Crippen molar-refractivity contribution in [2.75, 3.05) is 7.11 Å². The van der Waals surface area contributed by atoms with Crippen LogP contribution >= 0.6 is 0 Å². The number of methoxy groups -OCH3 is 1. The van der Waals surface area contributed by atoms with Gasteiger partial charge >= 0.3 is 37.7 Å². The van der Waals surface area contributed by atoms with Crippen LogP contribution in [0.3, 0.4) is 0 Å². The van der Waals surface area contributed by atoms with Crippen LogP contribution in [0.25, 0.3) is 5.32 Å². The Bertz CT molecular complexity index is 812. The van der Waals surface area contributed by atoms with Gasteiger partial charge in [-0.25, -0.2) is 0 Å². The molecule has 2 aromatic carbocycles. The summed E-state index contributed by atoms with van der Waals surface area (Å²) in [6.45, 7) is 6.75. The zero-order chi connectivity index (χ0) is 21.5.